The Kier molecular flexibility index (Phi) is 2.84. The first-order valence-corrected chi connectivity index (χ1v) is 3.88. The lowest BCUT2D eigenvalue weighted by atomic mass is 10.3. The Morgan fingerprint density at radius 3 is 2.91 bits per heavy atom. The second-order valence-corrected chi connectivity index (χ2v) is 2.99. The molecule has 1 heterocycles. The third-order valence-corrected chi connectivity index (χ3v) is 1.95. The molecule has 4 nitrogen and oxygen atoms in total. The highest BCUT2D eigenvalue weighted by atomic mass is 16.4. The van der Waals surface area contributed by atoms with Gasteiger partial charge < -0.3 is 15.7 Å². The van der Waals surface area contributed by atoms with E-state index in [0.717, 1.165) is 19.5 Å². The van der Waals surface area contributed by atoms with Crippen LogP contribution in [0, 0.1) is 0 Å². The minimum atomic E-state index is -0.731. The van der Waals surface area contributed by atoms with Gasteiger partial charge in [0, 0.05) is 19.1 Å². The Labute approximate surface area is 66.0 Å². The largest absolute Gasteiger partial charge is 0.481 e. The minimum absolute atomic E-state index is 0.229. The van der Waals surface area contributed by atoms with Gasteiger partial charge in [-0.2, -0.15) is 0 Å². The van der Waals surface area contributed by atoms with E-state index in [2.05, 4.69) is 4.90 Å². The lowest BCUT2D eigenvalue weighted by Crippen LogP contribution is -2.28. The summed E-state index contributed by atoms with van der Waals surface area (Å²) < 4.78 is 0. The van der Waals surface area contributed by atoms with Crippen LogP contribution < -0.4 is 5.73 Å². The molecule has 0 aromatic rings. The molecule has 0 aromatic carbocycles. The zero-order chi connectivity index (χ0) is 8.27. The standard InChI is InChI=1S/C7H14N2O2/c8-6-1-3-9(5-6)4-2-7(10)11/h6H,1-5,8H2,(H,10,11)/t6-/m0/s1. The molecule has 3 N–H and O–H groups in total. The van der Waals surface area contributed by atoms with E-state index in [1.165, 1.54) is 0 Å². The molecule has 0 aromatic heterocycles. The molecule has 0 amide bonds. The molecule has 0 radical (unpaired) electrons. The average molecular weight is 158 g/mol. The molecule has 1 atom stereocenters. The van der Waals surface area contributed by atoms with E-state index in [1.807, 2.05) is 0 Å². The van der Waals surface area contributed by atoms with E-state index < -0.39 is 5.97 Å². The summed E-state index contributed by atoms with van der Waals surface area (Å²) in [5, 5.41) is 8.38. The molecule has 11 heavy (non-hydrogen) atoms. The first-order chi connectivity index (χ1) is 5.18. The van der Waals surface area contributed by atoms with Gasteiger partial charge in [-0.3, -0.25) is 4.79 Å². The Balaban J connectivity index is 2.13. The number of hydrogen-bond donors (Lipinski definition) is 2. The van der Waals surface area contributed by atoms with Crippen molar-refractivity contribution >= 4 is 5.97 Å². The SMILES string of the molecule is N[C@H]1CCN(CCC(=O)O)C1. The summed E-state index contributed by atoms with van der Waals surface area (Å²) in [4.78, 5) is 12.3. The maximum Gasteiger partial charge on any atom is 0.304 e. The molecule has 1 fully saturated rings. The van der Waals surface area contributed by atoms with Crippen LogP contribution in [0.5, 0.6) is 0 Å². The molecule has 1 aliphatic rings. The van der Waals surface area contributed by atoms with Crippen molar-refractivity contribution in [2.24, 2.45) is 5.73 Å². The molecule has 64 valence electrons. The second-order valence-electron chi connectivity index (χ2n) is 2.99. The third kappa shape index (κ3) is 2.86. The Bertz CT molecular complexity index is 149. The van der Waals surface area contributed by atoms with E-state index in [-0.39, 0.29) is 12.5 Å². The predicted octanol–water partition coefficient (Wildman–Crippen LogP) is -0.506. The molecule has 1 aliphatic heterocycles. The summed E-state index contributed by atoms with van der Waals surface area (Å²) in [6, 6.07) is 0.254. The van der Waals surface area contributed by atoms with Gasteiger partial charge in [0.1, 0.15) is 0 Å². The molecule has 0 bridgehead atoms. The van der Waals surface area contributed by atoms with Crippen LogP contribution in [0.2, 0.25) is 0 Å². The number of nitrogens with two attached hydrogens (primary N) is 1. The fourth-order valence-electron chi connectivity index (χ4n) is 1.32. The molecule has 0 aliphatic carbocycles. The van der Waals surface area contributed by atoms with Gasteiger partial charge in [0.05, 0.1) is 6.42 Å². The van der Waals surface area contributed by atoms with E-state index in [1.54, 1.807) is 0 Å². The molecule has 1 saturated heterocycles. The quantitative estimate of drug-likeness (QED) is 0.580. The molecule has 4 heteroatoms. The predicted molar refractivity (Wildman–Crippen MR) is 41.3 cm³/mol. The van der Waals surface area contributed by atoms with Crippen LogP contribution in [0.15, 0.2) is 0 Å². The first kappa shape index (κ1) is 8.49. The zero-order valence-corrected chi connectivity index (χ0v) is 6.49. The summed E-state index contributed by atoms with van der Waals surface area (Å²) in [6.45, 7) is 2.45. The van der Waals surface area contributed by atoms with Crippen LogP contribution in [0.25, 0.3) is 0 Å². The average Bonchev–Trinajstić information content (AvgIpc) is 2.31. The van der Waals surface area contributed by atoms with Crippen molar-refractivity contribution < 1.29 is 9.90 Å². The van der Waals surface area contributed by atoms with Gasteiger partial charge in [0.15, 0.2) is 0 Å². The maximum atomic E-state index is 10.2. The zero-order valence-electron chi connectivity index (χ0n) is 6.49. The van der Waals surface area contributed by atoms with Gasteiger partial charge in [0.25, 0.3) is 0 Å². The summed E-state index contributed by atoms with van der Waals surface area (Å²) in [5.74, 6) is -0.731. The van der Waals surface area contributed by atoms with Crippen LogP contribution in [0.3, 0.4) is 0 Å². The van der Waals surface area contributed by atoms with Gasteiger partial charge >= 0.3 is 5.97 Å². The van der Waals surface area contributed by atoms with Crippen LogP contribution >= 0.6 is 0 Å². The van der Waals surface area contributed by atoms with Crippen LogP contribution in [-0.4, -0.2) is 41.7 Å². The summed E-state index contributed by atoms with van der Waals surface area (Å²) in [5.41, 5.74) is 5.64. The number of carboxylic acid groups (broad SMARTS) is 1. The highest BCUT2D eigenvalue weighted by Crippen LogP contribution is 2.06. The number of rotatable bonds is 3. The van der Waals surface area contributed by atoms with E-state index >= 15 is 0 Å². The minimum Gasteiger partial charge on any atom is -0.481 e. The normalized spacial score (nSPS) is 25.7. The Morgan fingerprint density at radius 1 is 1.73 bits per heavy atom. The molecule has 1 rings (SSSR count). The fourth-order valence-corrected chi connectivity index (χ4v) is 1.32. The van der Waals surface area contributed by atoms with Gasteiger partial charge in [-0.25, -0.2) is 0 Å². The molecule has 0 unspecified atom stereocenters. The van der Waals surface area contributed by atoms with Crippen molar-refractivity contribution in [1.82, 2.24) is 4.90 Å². The lowest BCUT2D eigenvalue weighted by Gasteiger charge is -2.12. The number of nitrogens with zero attached hydrogens (tertiary/aromatic N) is 1. The number of carboxylic acids is 1. The third-order valence-electron chi connectivity index (χ3n) is 1.95. The van der Waals surface area contributed by atoms with Crippen molar-refractivity contribution in [3.63, 3.8) is 0 Å². The smallest absolute Gasteiger partial charge is 0.304 e. The molecule has 0 saturated carbocycles. The monoisotopic (exact) mass is 158 g/mol. The van der Waals surface area contributed by atoms with Gasteiger partial charge in [-0.05, 0) is 13.0 Å². The van der Waals surface area contributed by atoms with Crippen molar-refractivity contribution in [3.05, 3.63) is 0 Å². The summed E-state index contributed by atoms with van der Waals surface area (Å²) in [7, 11) is 0. The van der Waals surface area contributed by atoms with E-state index in [9.17, 15) is 4.79 Å². The highest BCUT2D eigenvalue weighted by Gasteiger charge is 2.18. The Hall–Kier alpha value is -0.610. The Morgan fingerprint density at radius 2 is 2.45 bits per heavy atom. The van der Waals surface area contributed by atoms with Crippen molar-refractivity contribution in [2.45, 2.75) is 18.9 Å². The van der Waals surface area contributed by atoms with Crippen molar-refractivity contribution in [1.29, 1.82) is 0 Å². The molecular weight excluding hydrogens is 144 g/mol. The van der Waals surface area contributed by atoms with Crippen molar-refractivity contribution in [3.8, 4) is 0 Å². The molecular formula is C7H14N2O2. The fraction of sp³-hybridized carbons (Fsp3) is 0.857. The van der Waals surface area contributed by atoms with Gasteiger partial charge in [-0.15, -0.1) is 0 Å². The van der Waals surface area contributed by atoms with E-state index in [0.29, 0.717) is 6.54 Å². The number of carbonyl (C=O) groups is 1. The maximum absolute atomic E-state index is 10.2. The highest BCUT2D eigenvalue weighted by molar-refractivity contribution is 5.66. The second kappa shape index (κ2) is 3.69. The van der Waals surface area contributed by atoms with Crippen LogP contribution in [0.1, 0.15) is 12.8 Å². The van der Waals surface area contributed by atoms with Gasteiger partial charge in [0.2, 0.25) is 0 Å². The van der Waals surface area contributed by atoms with E-state index in [4.69, 9.17) is 10.8 Å². The number of hydrogen-bond acceptors (Lipinski definition) is 3. The van der Waals surface area contributed by atoms with Crippen molar-refractivity contribution in [2.75, 3.05) is 19.6 Å². The topological polar surface area (TPSA) is 66.6 Å². The van der Waals surface area contributed by atoms with Crippen LogP contribution in [-0.2, 0) is 4.79 Å². The summed E-state index contributed by atoms with van der Waals surface area (Å²) in [6.07, 6.45) is 1.23. The number of likely N-dealkylation sites (tertiary alicyclic amines) is 1. The summed E-state index contributed by atoms with van der Waals surface area (Å²) >= 11 is 0. The lowest BCUT2D eigenvalue weighted by molar-refractivity contribution is -0.137. The number of aliphatic carboxylic acids is 1. The molecule has 0 spiro atoms. The van der Waals surface area contributed by atoms with Crippen LogP contribution in [0.4, 0.5) is 0 Å². The first-order valence-electron chi connectivity index (χ1n) is 3.88. The van der Waals surface area contributed by atoms with Gasteiger partial charge in [-0.1, -0.05) is 0 Å².